The summed E-state index contributed by atoms with van der Waals surface area (Å²) >= 11 is -0.657. The van der Waals surface area contributed by atoms with Gasteiger partial charge in [-0.3, -0.25) is 0 Å². The number of rotatable bonds is 5. The summed E-state index contributed by atoms with van der Waals surface area (Å²) < 4.78 is 2.25. The number of non-ortho nitro benzene ring substituents is 1. The average molecular weight is 606 g/mol. The Morgan fingerprint density at radius 3 is 2.37 bits per heavy atom. The molecule has 3 aromatic rings. The first-order valence-corrected chi connectivity index (χ1v) is 20.1. The van der Waals surface area contributed by atoms with E-state index < -0.39 is 18.0 Å². The van der Waals surface area contributed by atoms with Gasteiger partial charge in [-0.25, -0.2) is 0 Å². The zero-order valence-corrected chi connectivity index (χ0v) is 19.6. The van der Waals surface area contributed by atoms with Crippen molar-refractivity contribution in [1.82, 2.24) is 0 Å². The van der Waals surface area contributed by atoms with Crippen molar-refractivity contribution < 1.29 is 4.92 Å². The van der Waals surface area contributed by atoms with E-state index in [1.54, 1.807) is 18.3 Å². The summed E-state index contributed by atoms with van der Waals surface area (Å²) in [5, 5.41) is 10.8. The average Bonchev–Trinajstić information content (AvgIpc) is 2.68. The summed E-state index contributed by atoms with van der Waals surface area (Å²) in [5.41, 5.74) is 2.85. The molecule has 0 aliphatic rings. The first-order valence-electron chi connectivity index (χ1n) is 8.05. The van der Waals surface area contributed by atoms with Crippen LogP contribution in [0.15, 0.2) is 77.8 Å². The maximum absolute atomic E-state index is 10.8. The molecule has 4 nitrogen and oxygen atoms in total. The third-order valence-electron chi connectivity index (χ3n) is 3.89. The number of nitro groups is 1. The predicted octanol–water partition coefficient (Wildman–Crippen LogP) is 4.88. The third-order valence-corrected chi connectivity index (χ3v) is 17.8. The molecule has 3 aromatic carbocycles. The molecule has 0 spiro atoms. The molecule has 1 atom stereocenters. The van der Waals surface area contributed by atoms with E-state index in [9.17, 15) is 10.1 Å². The summed E-state index contributed by atoms with van der Waals surface area (Å²) in [6.07, 6.45) is 1.72. The Morgan fingerprint density at radius 2 is 1.74 bits per heavy atom. The van der Waals surface area contributed by atoms with Gasteiger partial charge in [0.1, 0.15) is 0 Å². The van der Waals surface area contributed by atoms with E-state index in [0.717, 1.165) is 20.4 Å². The normalized spacial score (nSPS) is 14.6. The van der Waals surface area contributed by atoms with Gasteiger partial charge in [-0.1, -0.05) is 0 Å². The SMILES string of the molecule is Cc1ccc(N=Cc2ccc([N+](=O)[O-])cc2)c([Te](Cl)(I)c2ccccc2)c1. The van der Waals surface area contributed by atoms with Crippen molar-refractivity contribution in [1.29, 1.82) is 0 Å². The first kappa shape index (κ1) is 20.3. The van der Waals surface area contributed by atoms with Crippen LogP contribution in [-0.2, 0) is 0 Å². The van der Waals surface area contributed by atoms with E-state index in [1.165, 1.54) is 15.7 Å². The summed E-state index contributed by atoms with van der Waals surface area (Å²) in [5.74, 6) is 0. The molecule has 0 saturated carbocycles. The van der Waals surface area contributed by atoms with Crippen molar-refractivity contribution in [2.45, 2.75) is 6.92 Å². The molecule has 0 saturated heterocycles. The molecule has 1 unspecified atom stereocenters. The van der Waals surface area contributed by atoms with Gasteiger partial charge in [0, 0.05) is 0 Å². The fourth-order valence-electron chi connectivity index (χ4n) is 2.48. The molecule has 0 aliphatic carbocycles. The van der Waals surface area contributed by atoms with Crippen LogP contribution < -0.4 is 7.22 Å². The Bertz CT molecular complexity index is 993. The van der Waals surface area contributed by atoms with Gasteiger partial charge in [-0.15, -0.1) is 0 Å². The summed E-state index contributed by atoms with van der Waals surface area (Å²) in [7, 11) is 7.13. The minimum absolute atomic E-state index is 0.0643. The van der Waals surface area contributed by atoms with Gasteiger partial charge in [-0.2, -0.15) is 0 Å². The Balaban J connectivity index is 1.98. The Labute approximate surface area is 175 Å². The quantitative estimate of drug-likeness (QED) is 0.137. The number of nitro benzene ring substituents is 1. The molecule has 0 amide bonds. The van der Waals surface area contributed by atoms with E-state index in [-0.39, 0.29) is 5.69 Å². The van der Waals surface area contributed by atoms with Gasteiger partial charge in [0.25, 0.3) is 0 Å². The molecule has 27 heavy (non-hydrogen) atoms. The molecule has 0 radical (unpaired) electrons. The van der Waals surface area contributed by atoms with Gasteiger partial charge >= 0.3 is 176 Å². The van der Waals surface area contributed by atoms with Crippen LogP contribution in [0.25, 0.3) is 0 Å². The van der Waals surface area contributed by atoms with Gasteiger partial charge in [-0.05, 0) is 0 Å². The predicted molar refractivity (Wildman–Crippen MR) is 123 cm³/mol. The maximum atomic E-state index is 10.8. The second kappa shape index (κ2) is 8.70. The van der Waals surface area contributed by atoms with Crippen molar-refractivity contribution in [3.05, 3.63) is 94.0 Å². The third kappa shape index (κ3) is 4.88. The molecule has 0 aliphatic heterocycles. The first-order chi connectivity index (χ1) is 12.9. The van der Waals surface area contributed by atoms with E-state index >= 15 is 0 Å². The summed E-state index contributed by atoms with van der Waals surface area (Å²) in [6, 6.07) is 22.6. The van der Waals surface area contributed by atoms with Crippen LogP contribution in [-0.4, -0.2) is 24.3 Å². The monoisotopic (exact) mass is 608 g/mol. The Kier molecular flexibility index (Phi) is 6.53. The summed E-state index contributed by atoms with van der Waals surface area (Å²) in [4.78, 5) is 15.0. The van der Waals surface area contributed by atoms with Gasteiger partial charge < -0.3 is 0 Å². The molecular weight excluding hydrogens is 590 g/mol. The standard InChI is InChI=1S/C20H16ClIN2O2Te/c1-15-7-12-19(23-14-16-8-10-17(11-9-16)24(25)26)20(13-15)27(21,22)18-5-3-2-4-6-18/h2-14H,1H3. The van der Waals surface area contributed by atoms with Crippen LogP contribution in [0.4, 0.5) is 11.4 Å². The molecule has 0 N–H and O–H groups in total. The second-order valence-electron chi connectivity index (χ2n) is 5.86. The molecule has 0 fully saturated rings. The number of nitrogens with zero attached hydrogens (tertiary/aromatic N) is 2. The van der Waals surface area contributed by atoms with E-state index in [4.69, 9.17) is 8.96 Å². The van der Waals surface area contributed by atoms with Crippen LogP contribution in [0, 0.1) is 17.0 Å². The van der Waals surface area contributed by atoms with Crippen molar-refractivity contribution in [3.63, 3.8) is 0 Å². The number of aliphatic imine (C=N–C) groups is 1. The summed E-state index contributed by atoms with van der Waals surface area (Å²) in [6.45, 7) is 2.05. The topological polar surface area (TPSA) is 55.5 Å². The zero-order chi connectivity index (χ0) is 19.4. The van der Waals surface area contributed by atoms with Gasteiger partial charge in [0.2, 0.25) is 0 Å². The number of hydrogen-bond donors (Lipinski definition) is 0. The fourth-order valence-corrected chi connectivity index (χ4v) is 12.5. The van der Waals surface area contributed by atoms with Crippen LogP contribution in [0.3, 0.4) is 0 Å². The van der Waals surface area contributed by atoms with Crippen molar-refractivity contribution in [3.8, 4) is 0 Å². The number of halogens is 2. The van der Waals surface area contributed by atoms with Crippen molar-refractivity contribution >= 4 is 65.6 Å². The molecule has 7 heteroatoms. The second-order valence-corrected chi connectivity index (χ2v) is 26.6. The van der Waals surface area contributed by atoms with Crippen LogP contribution in [0.1, 0.15) is 11.1 Å². The van der Waals surface area contributed by atoms with Gasteiger partial charge in [0.05, 0.1) is 0 Å². The number of benzene rings is 3. The number of aryl methyl sites for hydroxylation is 1. The van der Waals surface area contributed by atoms with E-state index in [1.807, 2.05) is 37.3 Å². The van der Waals surface area contributed by atoms with Gasteiger partial charge in [0.15, 0.2) is 0 Å². The number of hydrogen-bond acceptors (Lipinski definition) is 3. The fraction of sp³-hybridized carbons (Fsp3) is 0.0500. The van der Waals surface area contributed by atoms with E-state index in [2.05, 4.69) is 41.9 Å². The molecular formula is C20H16ClIN2O2Te. The van der Waals surface area contributed by atoms with Crippen LogP contribution in [0.5, 0.6) is 0 Å². The molecule has 3 rings (SSSR count). The molecule has 138 valence electrons. The zero-order valence-electron chi connectivity index (χ0n) is 14.4. The van der Waals surface area contributed by atoms with Crippen molar-refractivity contribution in [2.75, 3.05) is 0 Å². The minimum atomic E-state index is -3.08. The molecule has 0 aromatic heterocycles. The van der Waals surface area contributed by atoms with E-state index in [0.29, 0.717) is 0 Å². The van der Waals surface area contributed by atoms with Crippen molar-refractivity contribution in [2.24, 2.45) is 4.99 Å². The Morgan fingerprint density at radius 1 is 1.07 bits per heavy atom. The Hall–Kier alpha value is -1.46. The molecule has 0 bridgehead atoms. The molecule has 0 heterocycles. The van der Waals surface area contributed by atoms with Crippen LogP contribution in [0.2, 0.25) is 0 Å². The van der Waals surface area contributed by atoms with Crippen LogP contribution >= 0.6 is 27.7 Å².